The van der Waals surface area contributed by atoms with Crippen LogP contribution in [0.15, 0.2) is 42.5 Å². The molecule has 2 aromatic carbocycles. The number of anilines is 1. The third-order valence-electron chi connectivity index (χ3n) is 5.80. The number of benzene rings is 2. The molecule has 8 heteroatoms. The third-order valence-corrected chi connectivity index (χ3v) is 5.80. The number of ether oxygens (including phenoxy) is 2. The van der Waals surface area contributed by atoms with Gasteiger partial charge in [0, 0.05) is 25.2 Å². The first-order valence-corrected chi connectivity index (χ1v) is 11.0. The number of methoxy groups -OCH3 is 1. The van der Waals surface area contributed by atoms with Crippen molar-refractivity contribution in [3.63, 3.8) is 0 Å². The smallest absolute Gasteiger partial charge is 0.409 e. The summed E-state index contributed by atoms with van der Waals surface area (Å²) in [5.74, 6) is 1.25. The Kier molecular flexibility index (Phi) is 6.78. The second kappa shape index (κ2) is 9.89. The van der Waals surface area contributed by atoms with Crippen LogP contribution >= 0.6 is 0 Å². The van der Waals surface area contributed by atoms with Crippen molar-refractivity contribution < 1.29 is 18.7 Å². The lowest BCUT2D eigenvalue weighted by molar-refractivity contribution is 0.108. The van der Waals surface area contributed by atoms with Gasteiger partial charge in [0.2, 0.25) is 5.95 Å². The summed E-state index contributed by atoms with van der Waals surface area (Å²) in [6.45, 7) is 4.10. The first-order valence-electron chi connectivity index (χ1n) is 11.0. The molecule has 2 heterocycles. The highest BCUT2D eigenvalue weighted by molar-refractivity contribution is 5.80. The number of fused-ring (bicyclic) bond motifs is 1. The largest absolute Gasteiger partial charge is 0.497 e. The zero-order valence-corrected chi connectivity index (χ0v) is 18.5. The number of halogens is 1. The van der Waals surface area contributed by atoms with E-state index < -0.39 is 0 Å². The van der Waals surface area contributed by atoms with E-state index in [0.29, 0.717) is 26.2 Å². The van der Waals surface area contributed by atoms with E-state index in [4.69, 9.17) is 14.5 Å². The van der Waals surface area contributed by atoms with Gasteiger partial charge in [-0.05, 0) is 56.0 Å². The maximum Gasteiger partial charge on any atom is 0.409 e. The maximum absolute atomic E-state index is 13.4. The Bertz CT molecular complexity index is 1070. The number of aromatic nitrogens is 2. The van der Waals surface area contributed by atoms with E-state index in [2.05, 4.69) is 9.88 Å². The second-order valence-corrected chi connectivity index (χ2v) is 7.96. The molecular formula is C24H29FN4O3. The van der Waals surface area contributed by atoms with Gasteiger partial charge in [0.1, 0.15) is 11.6 Å². The lowest BCUT2D eigenvalue weighted by Crippen LogP contribution is -2.33. The number of imidazole rings is 1. The molecule has 1 N–H and O–H groups in total. The molecular weight excluding hydrogens is 411 g/mol. The quantitative estimate of drug-likeness (QED) is 0.604. The predicted molar refractivity (Wildman–Crippen MR) is 122 cm³/mol. The molecule has 1 aromatic heterocycles. The Morgan fingerprint density at radius 3 is 2.75 bits per heavy atom. The minimum Gasteiger partial charge on any atom is -0.497 e. The first-order chi connectivity index (χ1) is 15.6. The van der Waals surface area contributed by atoms with Crippen molar-refractivity contribution in [3.8, 4) is 5.75 Å². The van der Waals surface area contributed by atoms with Gasteiger partial charge in [-0.1, -0.05) is 12.1 Å². The summed E-state index contributed by atoms with van der Waals surface area (Å²) >= 11 is 0. The maximum atomic E-state index is 13.4. The summed E-state index contributed by atoms with van der Waals surface area (Å²) in [6, 6.07) is 12.5. The fraction of sp³-hybridized carbons (Fsp3) is 0.417. The normalized spacial score (nSPS) is 16.6. The first kappa shape index (κ1) is 21.9. The van der Waals surface area contributed by atoms with Crippen molar-refractivity contribution in [3.05, 3.63) is 53.8 Å². The minimum absolute atomic E-state index is 0.181. The standard InChI is InChI=1S/C24H29FN4O3/c1-3-32-24(30)28-13-4-5-19(12-14-28)26-23-27-21-15-20(31-2)10-11-22(21)29(23)16-17-6-8-18(25)9-7-17/h6-11,15,19H,3-5,12-14,16H2,1-2H3,(H,26,27). The molecule has 0 saturated carbocycles. The van der Waals surface area contributed by atoms with Crippen molar-refractivity contribution in [1.29, 1.82) is 0 Å². The molecule has 32 heavy (non-hydrogen) atoms. The molecule has 1 aliphatic heterocycles. The Balaban J connectivity index is 1.58. The number of rotatable bonds is 6. The Morgan fingerprint density at radius 2 is 2.00 bits per heavy atom. The number of hydrogen-bond donors (Lipinski definition) is 1. The molecule has 0 aliphatic carbocycles. The van der Waals surface area contributed by atoms with E-state index in [1.54, 1.807) is 24.1 Å². The highest BCUT2D eigenvalue weighted by Gasteiger charge is 2.23. The third kappa shape index (κ3) is 4.95. The van der Waals surface area contributed by atoms with Crippen LogP contribution < -0.4 is 10.1 Å². The topological polar surface area (TPSA) is 68.6 Å². The molecule has 7 nitrogen and oxygen atoms in total. The summed E-state index contributed by atoms with van der Waals surface area (Å²) in [6.07, 6.45) is 2.38. The number of carbonyl (C=O) groups excluding carboxylic acids is 1. The SMILES string of the molecule is CCOC(=O)N1CCCC(Nc2nc3cc(OC)ccc3n2Cc2ccc(F)cc2)CC1. The van der Waals surface area contributed by atoms with E-state index >= 15 is 0 Å². The number of amides is 1. The van der Waals surface area contributed by atoms with Gasteiger partial charge in [0.05, 0.1) is 31.3 Å². The highest BCUT2D eigenvalue weighted by atomic mass is 19.1. The van der Waals surface area contributed by atoms with Crippen LogP contribution in [0.4, 0.5) is 15.1 Å². The van der Waals surface area contributed by atoms with Gasteiger partial charge >= 0.3 is 6.09 Å². The van der Waals surface area contributed by atoms with Crippen molar-refractivity contribution in [2.45, 2.75) is 38.8 Å². The average molecular weight is 441 g/mol. The van der Waals surface area contributed by atoms with Gasteiger partial charge in [-0.15, -0.1) is 0 Å². The van der Waals surface area contributed by atoms with Crippen LogP contribution in [-0.4, -0.2) is 53.4 Å². The minimum atomic E-state index is -0.253. The molecule has 4 rings (SSSR count). The van der Waals surface area contributed by atoms with E-state index in [-0.39, 0.29) is 18.0 Å². The Hall–Kier alpha value is -3.29. The molecule has 0 bridgehead atoms. The summed E-state index contributed by atoms with van der Waals surface area (Å²) in [4.78, 5) is 18.7. The van der Waals surface area contributed by atoms with Gasteiger partial charge in [-0.3, -0.25) is 0 Å². The van der Waals surface area contributed by atoms with Crippen LogP contribution in [-0.2, 0) is 11.3 Å². The highest BCUT2D eigenvalue weighted by Crippen LogP contribution is 2.27. The molecule has 3 aromatic rings. The van der Waals surface area contributed by atoms with Crippen LogP contribution in [0.5, 0.6) is 5.75 Å². The predicted octanol–water partition coefficient (Wildman–Crippen LogP) is 4.66. The molecule has 1 unspecified atom stereocenters. The summed E-state index contributed by atoms with van der Waals surface area (Å²) < 4.78 is 26.0. The Labute approximate surface area is 187 Å². The number of nitrogens with one attached hydrogen (secondary N) is 1. The zero-order chi connectivity index (χ0) is 22.5. The van der Waals surface area contributed by atoms with Gasteiger partial charge in [-0.2, -0.15) is 0 Å². The summed E-state index contributed by atoms with van der Waals surface area (Å²) in [5, 5.41) is 3.60. The lowest BCUT2D eigenvalue weighted by Gasteiger charge is -2.20. The van der Waals surface area contributed by atoms with Crippen LogP contribution in [0.2, 0.25) is 0 Å². The molecule has 1 aliphatic rings. The number of hydrogen-bond acceptors (Lipinski definition) is 5. The van der Waals surface area contributed by atoms with E-state index in [1.807, 2.05) is 25.1 Å². The molecule has 1 fully saturated rings. The van der Waals surface area contributed by atoms with E-state index in [1.165, 1.54) is 12.1 Å². The van der Waals surface area contributed by atoms with Crippen molar-refractivity contribution in [2.75, 3.05) is 32.1 Å². The van der Waals surface area contributed by atoms with Crippen LogP contribution in [0.25, 0.3) is 11.0 Å². The zero-order valence-electron chi connectivity index (χ0n) is 18.5. The number of nitrogens with zero attached hydrogens (tertiary/aromatic N) is 3. The van der Waals surface area contributed by atoms with Crippen LogP contribution in [0.1, 0.15) is 31.7 Å². The second-order valence-electron chi connectivity index (χ2n) is 7.96. The van der Waals surface area contributed by atoms with Gasteiger partial charge in [0.25, 0.3) is 0 Å². The van der Waals surface area contributed by atoms with Gasteiger partial charge in [0.15, 0.2) is 0 Å². The number of likely N-dealkylation sites (tertiary alicyclic amines) is 1. The number of carbonyl (C=O) groups is 1. The van der Waals surface area contributed by atoms with Crippen LogP contribution in [0.3, 0.4) is 0 Å². The molecule has 1 atom stereocenters. The summed E-state index contributed by atoms with van der Waals surface area (Å²) in [5.41, 5.74) is 2.79. The van der Waals surface area contributed by atoms with Crippen LogP contribution in [0, 0.1) is 5.82 Å². The fourth-order valence-corrected chi connectivity index (χ4v) is 4.10. The fourth-order valence-electron chi connectivity index (χ4n) is 4.10. The Morgan fingerprint density at radius 1 is 1.19 bits per heavy atom. The summed E-state index contributed by atoms with van der Waals surface area (Å²) in [7, 11) is 1.64. The van der Waals surface area contributed by atoms with E-state index in [0.717, 1.165) is 47.6 Å². The molecule has 0 radical (unpaired) electrons. The van der Waals surface area contributed by atoms with Gasteiger partial charge < -0.3 is 24.3 Å². The van der Waals surface area contributed by atoms with Crippen molar-refractivity contribution in [2.24, 2.45) is 0 Å². The van der Waals surface area contributed by atoms with Gasteiger partial charge in [-0.25, -0.2) is 14.2 Å². The van der Waals surface area contributed by atoms with Crippen molar-refractivity contribution in [1.82, 2.24) is 14.5 Å². The molecule has 1 saturated heterocycles. The van der Waals surface area contributed by atoms with E-state index in [9.17, 15) is 9.18 Å². The molecule has 170 valence electrons. The average Bonchev–Trinajstić information content (AvgIpc) is 2.95. The molecule has 1 amide bonds. The van der Waals surface area contributed by atoms with Crippen molar-refractivity contribution >= 4 is 23.1 Å². The monoisotopic (exact) mass is 440 g/mol. The molecule has 0 spiro atoms. The lowest BCUT2D eigenvalue weighted by atomic mass is 10.1.